The molecule has 1 heterocycles. The largest absolute Gasteiger partial charge is 0.488 e. The first-order chi connectivity index (χ1) is 11.7. The molecule has 0 aliphatic carbocycles. The van der Waals surface area contributed by atoms with E-state index in [2.05, 4.69) is 18.0 Å². The van der Waals surface area contributed by atoms with Crippen LogP contribution in [0, 0.1) is 0 Å². The lowest BCUT2D eigenvalue weighted by Crippen LogP contribution is -2.22. The van der Waals surface area contributed by atoms with Crippen molar-refractivity contribution in [3.63, 3.8) is 0 Å². The molecule has 3 rings (SSSR count). The van der Waals surface area contributed by atoms with E-state index in [-0.39, 0.29) is 5.91 Å². The Morgan fingerprint density at radius 1 is 1.17 bits per heavy atom. The summed E-state index contributed by atoms with van der Waals surface area (Å²) >= 11 is 0. The zero-order valence-corrected chi connectivity index (χ0v) is 13.8. The number of carbonyl (C=O) groups excluding carboxylic acids is 1. The van der Waals surface area contributed by atoms with Crippen molar-refractivity contribution >= 4 is 12.0 Å². The summed E-state index contributed by atoms with van der Waals surface area (Å²) in [7, 11) is 0. The van der Waals surface area contributed by atoms with Crippen LogP contribution < -0.4 is 10.1 Å². The molecule has 2 aromatic rings. The summed E-state index contributed by atoms with van der Waals surface area (Å²) in [5, 5.41) is 2.80. The first-order valence-corrected chi connectivity index (χ1v) is 8.15. The SMILES string of the molecule is C=C(Cc1ccc(C(=O)NCC)cc1)C1=Cc2ccccc2OC1. The van der Waals surface area contributed by atoms with Gasteiger partial charge in [0.25, 0.3) is 5.91 Å². The first kappa shape index (κ1) is 16.1. The number of amides is 1. The van der Waals surface area contributed by atoms with Crippen LogP contribution in [0.25, 0.3) is 6.08 Å². The van der Waals surface area contributed by atoms with E-state index in [9.17, 15) is 4.79 Å². The van der Waals surface area contributed by atoms with Gasteiger partial charge < -0.3 is 10.1 Å². The number of fused-ring (bicyclic) bond motifs is 1. The fraction of sp³-hybridized carbons (Fsp3) is 0.190. The van der Waals surface area contributed by atoms with Gasteiger partial charge in [0.1, 0.15) is 12.4 Å². The summed E-state index contributed by atoms with van der Waals surface area (Å²) in [5.41, 5.74) is 5.05. The second-order valence-corrected chi connectivity index (χ2v) is 5.83. The van der Waals surface area contributed by atoms with Crippen LogP contribution in [0.5, 0.6) is 5.75 Å². The molecule has 1 aliphatic rings. The molecule has 2 aromatic carbocycles. The highest BCUT2D eigenvalue weighted by Crippen LogP contribution is 2.29. The highest BCUT2D eigenvalue weighted by atomic mass is 16.5. The maximum Gasteiger partial charge on any atom is 0.251 e. The van der Waals surface area contributed by atoms with Crippen LogP contribution in [0.4, 0.5) is 0 Å². The highest BCUT2D eigenvalue weighted by Gasteiger charge is 2.13. The number of hydrogen-bond acceptors (Lipinski definition) is 2. The monoisotopic (exact) mass is 319 g/mol. The molecule has 1 aliphatic heterocycles. The Bertz CT molecular complexity index is 788. The molecule has 0 atom stereocenters. The minimum Gasteiger partial charge on any atom is -0.488 e. The van der Waals surface area contributed by atoms with E-state index in [0.29, 0.717) is 18.7 Å². The Labute approximate surface area is 142 Å². The normalized spacial score (nSPS) is 12.6. The molecule has 0 saturated heterocycles. The van der Waals surface area contributed by atoms with Crippen molar-refractivity contribution in [1.82, 2.24) is 5.32 Å². The molecule has 0 saturated carbocycles. The minimum absolute atomic E-state index is 0.0390. The summed E-state index contributed by atoms with van der Waals surface area (Å²) in [6.07, 6.45) is 2.89. The van der Waals surface area contributed by atoms with Crippen LogP contribution in [0.15, 0.2) is 66.3 Å². The second kappa shape index (κ2) is 7.18. The number of nitrogens with one attached hydrogen (secondary N) is 1. The van der Waals surface area contributed by atoms with E-state index in [1.165, 1.54) is 0 Å². The molecular weight excluding hydrogens is 298 g/mol. The fourth-order valence-electron chi connectivity index (χ4n) is 2.72. The highest BCUT2D eigenvalue weighted by molar-refractivity contribution is 5.94. The van der Waals surface area contributed by atoms with Gasteiger partial charge in [-0.2, -0.15) is 0 Å². The topological polar surface area (TPSA) is 38.3 Å². The molecule has 0 spiro atoms. The number of ether oxygens (including phenoxy) is 1. The molecule has 0 fully saturated rings. The van der Waals surface area contributed by atoms with Crippen LogP contribution in [0.2, 0.25) is 0 Å². The van der Waals surface area contributed by atoms with E-state index in [4.69, 9.17) is 4.74 Å². The van der Waals surface area contributed by atoms with Gasteiger partial charge in [-0.25, -0.2) is 0 Å². The number of para-hydroxylation sites is 1. The molecule has 1 amide bonds. The van der Waals surface area contributed by atoms with Crippen molar-refractivity contribution in [2.75, 3.05) is 13.2 Å². The summed E-state index contributed by atoms with van der Waals surface area (Å²) in [4.78, 5) is 11.8. The Balaban J connectivity index is 1.69. The first-order valence-electron chi connectivity index (χ1n) is 8.15. The average molecular weight is 319 g/mol. The zero-order valence-electron chi connectivity index (χ0n) is 13.8. The number of hydrogen-bond donors (Lipinski definition) is 1. The molecule has 24 heavy (non-hydrogen) atoms. The molecule has 3 nitrogen and oxygen atoms in total. The van der Waals surface area contributed by atoms with Crippen LogP contribution in [0.1, 0.15) is 28.4 Å². The summed E-state index contributed by atoms with van der Waals surface area (Å²) in [6.45, 7) is 7.30. The van der Waals surface area contributed by atoms with Gasteiger partial charge in [0.05, 0.1) is 0 Å². The smallest absolute Gasteiger partial charge is 0.251 e. The van der Waals surface area contributed by atoms with E-state index in [1.54, 1.807) is 0 Å². The standard InChI is InChI=1S/C21H21NO2/c1-3-22-21(23)17-10-8-16(9-11-17)12-15(2)19-13-18-6-4-5-7-20(18)24-14-19/h4-11,13H,2-3,12,14H2,1H3,(H,22,23). The quantitative estimate of drug-likeness (QED) is 0.904. The van der Waals surface area contributed by atoms with Crippen molar-refractivity contribution in [2.45, 2.75) is 13.3 Å². The number of rotatable bonds is 5. The molecule has 122 valence electrons. The average Bonchev–Trinajstić information content (AvgIpc) is 2.62. The zero-order chi connectivity index (χ0) is 16.9. The maximum absolute atomic E-state index is 11.8. The van der Waals surface area contributed by atoms with Crippen molar-refractivity contribution < 1.29 is 9.53 Å². The Kier molecular flexibility index (Phi) is 4.80. The van der Waals surface area contributed by atoms with E-state index in [0.717, 1.165) is 34.4 Å². The van der Waals surface area contributed by atoms with Gasteiger partial charge in [-0.15, -0.1) is 0 Å². The molecule has 0 radical (unpaired) electrons. The maximum atomic E-state index is 11.8. The number of carbonyl (C=O) groups is 1. The van der Waals surface area contributed by atoms with Gasteiger partial charge in [0.2, 0.25) is 0 Å². The predicted molar refractivity (Wildman–Crippen MR) is 97.2 cm³/mol. The molecule has 3 heteroatoms. The second-order valence-electron chi connectivity index (χ2n) is 5.83. The molecular formula is C21H21NO2. The minimum atomic E-state index is -0.0390. The van der Waals surface area contributed by atoms with Gasteiger partial charge in [-0.1, -0.05) is 36.9 Å². The van der Waals surface area contributed by atoms with Gasteiger partial charge in [0, 0.05) is 17.7 Å². The van der Waals surface area contributed by atoms with E-state index >= 15 is 0 Å². The van der Waals surface area contributed by atoms with Crippen molar-refractivity contribution in [2.24, 2.45) is 0 Å². The molecule has 0 aromatic heterocycles. The van der Waals surface area contributed by atoms with Crippen LogP contribution in [-0.2, 0) is 6.42 Å². The lowest BCUT2D eigenvalue weighted by molar-refractivity contribution is 0.0956. The third-order valence-corrected chi connectivity index (χ3v) is 4.06. The lowest BCUT2D eigenvalue weighted by Gasteiger charge is -2.19. The fourth-order valence-corrected chi connectivity index (χ4v) is 2.72. The summed E-state index contributed by atoms with van der Waals surface area (Å²) in [5.74, 6) is 0.878. The van der Waals surface area contributed by atoms with E-state index in [1.807, 2.05) is 55.5 Å². The Morgan fingerprint density at radius 3 is 2.67 bits per heavy atom. The van der Waals surface area contributed by atoms with Crippen molar-refractivity contribution in [1.29, 1.82) is 0 Å². The summed E-state index contributed by atoms with van der Waals surface area (Å²) in [6, 6.07) is 15.7. The predicted octanol–water partition coefficient (Wildman–Crippen LogP) is 4.01. The molecule has 0 unspecified atom stereocenters. The summed E-state index contributed by atoms with van der Waals surface area (Å²) < 4.78 is 5.79. The van der Waals surface area contributed by atoms with Crippen LogP contribution in [0.3, 0.4) is 0 Å². The van der Waals surface area contributed by atoms with Crippen molar-refractivity contribution in [3.05, 3.63) is 82.9 Å². The van der Waals surface area contributed by atoms with Crippen LogP contribution in [-0.4, -0.2) is 19.1 Å². The van der Waals surface area contributed by atoms with Gasteiger partial charge in [-0.3, -0.25) is 4.79 Å². The van der Waals surface area contributed by atoms with Gasteiger partial charge in [0.15, 0.2) is 0 Å². The van der Waals surface area contributed by atoms with Crippen molar-refractivity contribution in [3.8, 4) is 5.75 Å². The van der Waals surface area contributed by atoms with Gasteiger partial charge in [-0.05, 0) is 54.3 Å². The lowest BCUT2D eigenvalue weighted by atomic mass is 9.96. The number of benzene rings is 2. The van der Waals surface area contributed by atoms with Gasteiger partial charge >= 0.3 is 0 Å². The van der Waals surface area contributed by atoms with E-state index < -0.39 is 0 Å². The molecule has 0 bridgehead atoms. The molecule has 1 N–H and O–H groups in total. The Hall–Kier alpha value is -2.81. The Morgan fingerprint density at radius 2 is 1.92 bits per heavy atom. The van der Waals surface area contributed by atoms with Crippen LogP contribution >= 0.6 is 0 Å². The third-order valence-electron chi connectivity index (χ3n) is 4.06. The third kappa shape index (κ3) is 3.57.